The third-order valence-electron chi connectivity index (χ3n) is 4.42. The molecule has 2 aromatic rings. The number of rotatable bonds is 5. The quantitative estimate of drug-likeness (QED) is 0.306. The minimum atomic E-state index is -5.81. The number of hydrogen-bond acceptors (Lipinski definition) is 6. The van der Waals surface area contributed by atoms with Crippen LogP contribution in [-0.4, -0.2) is 36.6 Å². The number of sulfonamides is 1. The second-order valence-corrected chi connectivity index (χ2v) is 8.02. The molecule has 0 unspecified atom stereocenters. The van der Waals surface area contributed by atoms with Gasteiger partial charge in [0.15, 0.2) is 10.0 Å². The monoisotopic (exact) mass is 509 g/mol. The molecule has 0 spiro atoms. The van der Waals surface area contributed by atoms with E-state index < -0.39 is 21.2 Å². The van der Waals surface area contributed by atoms with E-state index in [0.29, 0.717) is 18.8 Å². The van der Waals surface area contributed by atoms with Crippen molar-refractivity contribution in [3.8, 4) is 0 Å². The average molecular weight is 510 g/mol. The predicted octanol–water partition coefficient (Wildman–Crippen LogP) is 5.39. The van der Waals surface area contributed by atoms with Crippen molar-refractivity contribution >= 4 is 44.7 Å². The number of aromatic nitrogens is 2. The van der Waals surface area contributed by atoms with Crippen molar-refractivity contribution in [2.24, 2.45) is 17.3 Å². The molecule has 0 amide bonds. The van der Waals surface area contributed by atoms with Crippen molar-refractivity contribution in [3.63, 3.8) is 0 Å². The van der Waals surface area contributed by atoms with Crippen LogP contribution in [0.4, 0.5) is 47.8 Å². The van der Waals surface area contributed by atoms with E-state index in [9.17, 15) is 21.6 Å². The fourth-order valence-electron chi connectivity index (χ4n) is 2.88. The topological polar surface area (TPSA) is 103 Å². The van der Waals surface area contributed by atoms with Gasteiger partial charge in [0.05, 0.1) is 12.7 Å². The van der Waals surface area contributed by atoms with Crippen LogP contribution >= 0.6 is 0 Å². The van der Waals surface area contributed by atoms with Gasteiger partial charge in [-0.3, -0.25) is 0 Å². The van der Waals surface area contributed by atoms with Gasteiger partial charge in [-0.25, -0.2) is 13.0 Å². The maximum absolute atomic E-state index is 12.9. The summed E-state index contributed by atoms with van der Waals surface area (Å²) in [6.07, 6.45) is 1.81. The predicted molar refractivity (Wildman–Crippen MR) is 106 cm³/mol. The van der Waals surface area contributed by atoms with Gasteiger partial charge in [-0.15, -0.1) is 5.11 Å². The minimum Gasteiger partial charge on any atom is -0.568 e. The molecule has 170 valence electrons. The molecule has 0 bridgehead atoms. The minimum absolute atomic E-state index is 0. The molecule has 10 nitrogen and oxygen atoms in total. The molecule has 3 rings (SSSR count). The Morgan fingerprint density at radius 1 is 1.16 bits per heavy atom. The maximum atomic E-state index is 12.9. The molecular weight excluding hydrogens is 496 g/mol. The van der Waals surface area contributed by atoms with E-state index in [1.807, 2.05) is 4.90 Å². The molecular formula is C17H14F3N8NiO2S+. The van der Waals surface area contributed by atoms with Crippen molar-refractivity contribution in [1.82, 2.24) is 9.55 Å². The van der Waals surface area contributed by atoms with Crippen LogP contribution in [0.25, 0.3) is 14.4 Å². The zero-order valence-corrected chi connectivity index (χ0v) is 18.1. The molecule has 1 aromatic carbocycles. The van der Waals surface area contributed by atoms with E-state index in [4.69, 9.17) is 13.1 Å². The van der Waals surface area contributed by atoms with Gasteiger partial charge in [0.2, 0.25) is 0 Å². The van der Waals surface area contributed by atoms with Crippen LogP contribution < -0.4 is 4.90 Å². The normalized spacial score (nSPS) is 14.1. The SMILES string of the molecule is [C-]#[N+]c1nc(N=Nc2ccc(N3CCCC3)cc2[N-]S(=O)(=O)C(F)(F)F)n(C)c1[N+]#[C-].[Ni+2]. The van der Waals surface area contributed by atoms with Crippen LogP contribution in [-0.2, 0) is 33.6 Å². The van der Waals surface area contributed by atoms with Crippen molar-refractivity contribution in [2.45, 2.75) is 18.3 Å². The summed E-state index contributed by atoms with van der Waals surface area (Å²) < 4.78 is 65.9. The van der Waals surface area contributed by atoms with Crippen LogP contribution in [0.5, 0.6) is 0 Å². The first-order valence-electron chi connectivity index (χ1n) is 8.74. The third kappa shape index (κ3) is 5.01. The molecule has 1 aliphatic rings. The van der Waals surface area contributed by atoms with Gasteiger partial charge in [-0.1, -0.05) is 35.0 Å². The molecule has 2 heterocycles. The number of benzene rings is 1. The van der Waals surface area contributed by atoms with E-state index in [1.54, 1.807) is 6.07 Å². The molecule has 0 saturated carbocycles. The van der Waals surface area contributed by atoms with Gasteiger partial charge in [0, 0.05) is 18.8 Å². The molecule has 32 heavy (non-hydrogen) atoms. The standard InChI is InChI=1S/C17H14F3N8O2S.Ni/c1-21-14-15(22-2)27(3)16(23-14)25-24-12-7-6-11(28-8-4-5-9-28)10-13(12)26-31(29,30)17(18,19)20;/h6-7,10H,4-5,8-9H2,3H3;/q-1;+2. The van der Waals surface area contributed by atoms with E-state index in [2.05, 4.69) is 29.6 Å². The molecule has 15 heteroatoms. The number of hydrogen-bond donors (Lipinski definition) is 0. The van der Waals surface area contributed by atoms with Crippen LogP contribution in [0.2, 0.25) is 0 Å². The van der Waals surface area contributed by atoms with Gasteiger partial charge in [-0.2, -0.15) is 13.2 Å². The molecule has 1 aliphatic heterocycles. The second kappa shape index (κ2) is 9.55. The van der Waals surface area contributed by atoms with E-state index in [1.165, 1.54) is 23.7 Å². The first-order valence-corrected chi connectivity index (χ1v) is 10.2. The number of azo groups is 1. The number of alkyl halides is 3. The van der Waals surface area contributed by atoms with Crippen molar-refractivity contribution < 1.29 is 38.1 Å². The molecule has 0 N–H and O–H groups in total. The van der Waals surface area contributed by atoms with Crippen LogP contribution in [0.15, 0.2) is 28.4 Å². The smallest absolute Gasteiger partial charge is 0.568 e. The second-order valence-electron chi connectivity index (χ2n) is 6.42. The summed E-state index contributed by atoms with van der Waals surface area (Å²) >= 11 is 0. The molecule has 0 aliphatic carbocycles. The van der Waals surface area contributed by atoms with Crippen LogP contribution in [0.3, 0.4) is 0 Å². The van der Waals surface area contributed by atoms with Gasteiger partial charge < -0.3 is 19.3 Å². The maximum Gasteiger partial charge on any atom is 2.00 e. The van der Waals surface area contributed by atoms with E-state index in [0.717, 1.165) is 12.8 Å². The Bertz CT molecular complexity index is 1220. The zero-order valence-electron chi connectivity index (χ0n) is 16.3. The van der Waals surface area contributed by atoms with E-state index >= 15 is 0 Å². The van der Waals surface area contributed by atoms with Crippen LogP contribution in [0, 0.1) is 13.1 Å². The Morgan fingerprint density at radius 3 is 2.34 bits per heavy atom. The van der Waals surface area contributed by atoms with Crippen molar-refractivity contribution in [3.05, 3.63) is 45.8 Å². The first-order chi connectivity index (χ1) is 14.6. The summed E-state index contributed by atoms with van der Waals surface area (Å²) in [5, 5.41) is 7.56. The fourth-order valence-corrected chi connectivity index (χ4v) is 3.38. The van der Waals surface area contributed by atoms with Gasteiger partial charge in [0.1, 0.15) is 0 Å². The zero-order chi connectivity index (χ0) is 22.8. The summed E-state index contributed by atoms with van der Waals surface area (Å²) in [4.78, 5) is 12.0. The van der Waals surface area contributed by atoms with Gasteiger partial charge >= 0.3 is 27.9 Å². The van der Waals surface area contributed by atoms with Gasteiger partial charge in [-0.05, 0) is 25.0 Å². The molecule has 1 saturated heterocycles. The van der Waals surface area contributed by atoms with Crippen molar-refractivity contribution in [1.29, 1.82) is 0 Å². The summed E-state index contributed by atoms with van der Waals surface area (Å²) in [6, 6.07) is 4.08. The Labute approximate surface area is 191 Å². The molecule has 1 aromatic heterocycles. The summed E-state index contributed by atoms with van der Waals surface area (Å²) in [5.41, 5.74) is -5.84. The van der Waals surface area contributed by atoms with Crippen molar-refractivity contribution in [2.75, 3.05) is 18.0 Å². The Balaban J connectivity index is 0.00000363. The summed E-state index contributed by atoms with van der Waals surface area (Å²) in [5.74, 6) is -0.441. The largest absolute Gasteiger partial charge is 2.00 e. The van der Waals surface area contributed by atoms with Gasteiger partial charge in [0.25, 0.3) is 11.6 Å². The Hall–Kier alpha value is -3.16. The van der Waals surface area contributed by atoms with Crippen LogP contribution in [0.1, 0.15) is 12.8 Å². The number of imidazole rings is 1. The fraction of sp³-hybridized carbons (Fsp3) is 0.353. The number of halogens is 3. The summed E-state index contributed by atoms with van der Waals surface area (Å²) in [6.45, 7) is 15.5. The first kappa shape index (κ1) is 25.1. The van der Waals surface area contributed by atoms with E-state index in [-0.39, 0.29) is 39.8 Å². The Morgan fingerprint density at radius 2 is 1.81 bits per heavy atom. The third-order valence-corrected chi connectivity index (χ3v) is 5.45. The average Bonchev–Trinajstić information content (AvgIpc) is 3.34. The molecule has 0 atom stereocenters. The molecule has 0 radical (unpaired) electrons. The summed E-state index contributed by atoms with van der Waals surface area (Å²) in [7, 11) is -4.39. The number of anilines is 1. The number of nitrogens with zero attached hydrogens (tertiary/aromatic N) is 8. The Kier molecular flexibility index (Phi) is 7.49. The molecule has 1 fully saturated rings.